The highest BCUT2D eigenvalue weighted by Gasteiger charge is 2.15. The van der Waals surface area contributed by atoms with Crippen molar-refractivity contribution in [2.75, 3.05) is 32.2 Å². The van der Waals surface area contributed by atoms with Gasteiger partial charge in [-0.25, -0.2) is 0 Å². The van der Waals surface area contributed by atoms with E-state index >= 15 is 0 Å². The number of thioether (sulfide) groups is 1. The average Bonchev–Trinajstić information content (AvgIpc) is 2.37. The summed E-state index contributed by atoms with van der Waals surface area (Å²) in [5.41, 5.74) is 1.30. The van der Waals surface area contributed by atoms with Gasteiger partial charge in [0.05, 0.1) is 0 Å². The Morgan fingerprint density at radius 2 is 2.00 bits per heavy atom. The molecule has 0 radical (unpaired) electrons. The zero-order valence-electron chi connectivity index (χ0n) is 10.8. The second-order valence-electron chi connectivity index (χ2n) is 4.27. The molecule has 0 saturated heterocycles. The molecule has 0 bridgehead atoms. The van der Waals surface area contributed by atoms with E-state index in [4.69, 9.17) is 0 Å². The number of benzene rings is 1. The summed E-state index contributed by atoms with van der Waals surface area (Å²) in [5.74, 6) is 1.20. The van der Waals surface area contributed by atoms with Gasteiger partial charge in [0.2, 0.25) is 0 Å². The molecule has 0 spiro atoms. The molecular formula is C14H23NOS. The van der Waals surface area contributed by atoms with Crippen molar-refractivity contribution in [3.63, 3.8) is 0 Å². The minimum atomic E-state index is 0.242. The molecule has 1 rings (SSSR count). The van der Waals surface area contributed by atoms with E-state index in [-0.39, 0.29) is 6.61 Å². The van der Waals surface area contributed by atoms with Crippen LogP contribution in [0.3, 0.4) is 0 Å². The molecule has 1 aromatic carbocycles. The zero-order chi connectivity index (χ0) is 12.5. The molecule has 1 atom stereocenters. The van der Waals surface area contributed by atoms with Gasteiger partial charge in [-0.05, 0) is 44.0 Å². The maximum absolute atomic E-state index is 9.19. The van der Waals surface area contributed by atoms with E-state index in [1.165, 1.54) is 17.7 Å². The minimum absolute atomic E-state index is 0.242. The van der Waals surface area contributed by atoms with Crippen molar-refractivity contribution in [3.05, 3.63) is 35.9 Å². The van der Waals surface area contributed by atoms with Gasteiger partial charge in [-0.2, -0.15) is 11.8 Å². The summed E-state index contributed by atoms with van der Waals surface area (Å²) in [5, 5.41) is 9.19. The van der Waals surface area contributed by atoms with Gasteiger partial charge in [-0.3, -0.25) is 4.90 Å². The lowest BCUT2D eigenvalue weighted by atomic mass is 10.0. The molecule has 0 fully saturated rings. The first-order valence-corrected chi connectivity index (χ1v) is 7.54. The highest BCUT2D eigenvalue weighted by atomic mass is 32.2. The summed E-state index contributed by atoms with van der Waals surface area (Å²) < 4.78 is 0. The molecule has 0 saturated carbocycles. The van der Waals surface area contributed by atoms with Gasteiger partial charge in [0.1, 0.15) is 0 Å². The first-order valence-electron chi connectivity index (χ1n) is 6.14. The molecule has 0 heterocycles. The van der Waals surface area contributed by atoms with Crippen LogP contribution in [0.4, 0.5) is 0 Å². The highest BCUT2D eigenvalue weighted by molar-refractivity contribution is 7.98. The fourth-order valence-corrected chi connectivity index (χ4v) is 2.47. The van der Waals surface area contributed by atoms with E-state index in [2.05, 4.69) is 42.5 Å². The van der Waals surface area contributed by atoms with Crippen LogP contribution in [0.2, 0.25) is 0 Å². The molecule has 1 N–H and O–H groups in total. The predicted octanol–water partition coefficient (Wildman–Crippen LogP) is 2.80. The van der Waals surface area contributed by atoms with Gasteiger partial charge >= 0.3 is 0 Å². The summed E-state index contributed by atoms with van der Waals surface area (Å²) in [7, 11) is 2.15. The number of aliphatic hydroxyl groups excluding tert-OH is 1. The van der Waals surface area contributed by atoms with Crippen molar-refractivity contribution >= 4 is 11.8 Å². The van der Waals surface area contributed by atoms with Crippen LogP contribution in [0.25, 0.3) is 0 Å². The Morgan fingerprint density at radius 3 is 2.59 bits per heavy atom. The first kappa shape index (κ1) is 14.6. The molecule has 0 aliphatic carbocycles. The number of rotatable bonds is 8. The number of nitrogens with zero attached hydrogens (tertiary/aromatic N) is 1. The molecule has 1 aromatic rings. The zero-order valence-corrected chi connectivity index (χ0v) is 11.6. The molecule has 17 heavy (non-hydrogen) atoms. The molecule has 96 valence electrons. The van der Waals surface area contributed by atoms with Crippen LogP contribution in [0.15, 0.2) is 30.3 Å². The fraction of sp³-hybridized carbons (Fsp3) is 0.571. The molecule has 0 aliphatic rings. The Hall–Kier alpha value is -0.510. The van der Waals surface area contributed by atoms with Crippen LogP contribution in [0.1, 0.15) is 24.4 Å². The molecule has 1 unspecified atom stereocenters. The number of hydrogen-bond donors (Lipinski definition) is 1. The summed E-state index contributed by atoms with van der Waals surface area (Å²) in [6.45, 7) is 1.33. The Labute approximate surface area is 109 Å². The van der Waals surface area contributed by atoms with Crippen LogP contribution >= 0.6 is 11.8 Å². The smallest absolute Gasteiger partial charge is 0.0449 e. The monoisotopic (exact) mass is 253 g/mol. The van der Waals surface area contributed by atoms with Crippen molar-refractivity contribution in [2.45, 2.75) is 18.9 Å². The molecule has 0 aromatic heterocycles. The van der Waals surface area contributed by atoms with Gasteiger partial charge in [0, 0.05) is 12.6 Å². The Balaban J connectivity index is 2.58. The fourth-order valence-electron chi connectivity index (χ4n) is 2.05. The van der Waals surface area contributed by atoms with Crippen LogP contribution in [-0.2, 0) is 0 Å². The standard InChI is InChI=1S/C14H23NOS/c1-15(10-6-12-17-2)14(9-11-16)13-7-4-3-5-8-13/h3-5,7-8,14,16H,6,9-12H2,1-2H3. The van der Waals surface area contributed by atoms with E-state index in [1.807, 2.05) is 17.8 Å². The van der Waals surface area contributed by atoms with E-state index in [9.17, 15) is 5.11 Å². The number of hydrogen-bond acceptors (Lipinski definition) is 3. The number of aliphatic hydroxyl groups is 1. The van der Waals surface area contributed by atoms with E-state index in [0.29, 0.717) is 6.04 Å². The van der Waals surface area contributed by atoms with Crippen molar-refractivity contribution in [1.82, 2.24) is 4.90 Å². The summed E-state index contributed by atoms with van der Waals surface area (Å²) in [6.07, 6.45) is 4.15. The molecule has 0 aliphatic heterocycles. The second-order valence-corrected chi connectivity index (χ2v) is 5.25. The summed E-state index contributed by atoms with van der Waals surface area (Å²) >= 11 is 1.89. The van der Waals surface area contributed by atoms with E-state index < -0.39 is 0 Å². The lowest BCUT2D eigenvalue weighted by Gasteiger charge is -2.28. The second kappa shape index (κ2) is 8.56. The van der Waals surface area contributed by atoms with Crippen molar-refractivity contribution < 1.29 is 5.11 Å². The van der Waals surface area contributed by atoms with Gasteiger partial charge < -0.3 is 5.11 Å². The quantitative estimate of drug-likeness (QED) is 0.721. The lowest BCUT2D eigenvalue weighted by molar-refractivity contribution is 0.186. The van der Waals surface area contributed by atoms with Crippen molar-refractivity contribution in [3.8, 4) is 0 Å². The van der Waals surface area contributed by atoms with Gasteiger partial charge in [0.25, 0.3) is 0 Å². The van der Waals surface area contributed by atoms with Crippen LogP contribution < -0.4 is 0 Å². The maximum atomic E-state index is 9.19. The lowest BCUT2D eigenvalue weighted by Crippen LogP contribution is -2.26. The summed E-state index contributed by atoms with van der Waals surface area (Å²) in [4.78, 5) is 2.35. The molecule has 0 amide bonds. The average molecular weight is 253 g/mol. The Morgan fingerprint density at radius 1 is 1.29 bits per heavy atom. The normalized spacial score (nSPS) is 12.9. The molecule has 3 heteroatoms. The van der Waals surface area contributed by atoms with Gasteiger partial charge in [-0.1, -0.05) is 30.3 Å². The third-order valence-electron chi connectivity index (χ3n) is 2.98. The summed E-state index contributed by atoms with van der Waals surface area (Å²) in [6, 6.07) is 10.8. The van der Waals surface area contributed by atoms with E-state index in [1.54, 1.807) is 0 Å². The minimum Gasteiger partial charge on any atom is -0.396 e. The van der Waals surface area contributed by atoms with Crippen LogP contribution in [0, 0.1) is 0 Å². The Bertz CT molecular complexity index is 292. The Kier molecular flexibility index (Phi) is 7.33. The molecule has 2 nitrogen and oxygen atoms in total. The van der Waals surface area contributed by atoms with Crippen molar-refractivity contribution in [2.24, 2.45) is 0 Å². The SMILES string of the molecule is CSCCCN(C)C(CCO)c1ccccc1. The molecular weight excluding hydrogens is 230 g/mol. The third-order valence-corrected chi connectivity index (χ3v) is 3.68. The topological polar surface area (TPSA) is 23.5 Å². The highest BCUT2D eigenvalue weighted by Crippen LogP contribution is 2.22. The van der Waals surface area contributed by atoms with Gasteiger partial charge in [-0.15, -0.1) is 0 Å². The van der Waals surface area contributed by atoms with E-state index in [0.717, 1.165) is 13.0 Å². The first-order chi connectivity index (χ1) is 8.29. The van der Waals surface area contributed by atoms with Crippen molar-refractivity contribution in [1.29, 1.82) is 0 Å². The third kappa shape index (κ3) is 5.11. The van der Waals surface area contributed by atoms with Crippen LogP contribution in [-0.4, -0.2) is 42.2 Å². The maximum Gasteiger partial charge on any atom is 0.0449 e. The largest absolute Gasteiger partial charge is 0.396 e. The van der Waals surface area contributed by atoms with Gasteiger partial charge in [0.15, 0.2) is 0 Å². The predicted molar refractivity (Wildman–Crippen MR) is 76.5 cm³/mol. The van der Waals surface area contributed by atoms with Crippen LogP contribution in [0.5, 0.6) is 0 Å².